The first-order valence-electron chi connectivity index (χ1n) is 9.22. The molecule has 0 N–H and O–H groups in total. The predicted octanol–water partition coefficient (Wildman–Crippen LogP) is 5.00. The molecule has 0 heterocycles. The van der Waals surface area contributed by atoms with E-state index in [4.69, 9.17) is 9.47 Å². The van der Waals surface area contributed by atoms with Crippen molar-refractivity contribution in [2.45, 2.75) is 51.4 Å². The first-order valence-corrected chi connectivity index (χ1v) is 9.22. The lowest BCUT2D eigenvalue weighted by Crippen LogP contribution is -2.20. The molecule has 0 bridgehead atoms. The zero-order valence-corrected chi connectivity index (χ0v) is 14.2. The molecular weight excluding hydrogens is 272 g/mol. The van der Waals surface area contributed by atoms with Crippen LogP contribution in [0.4, 0.5) is 0 Å². The van der Waals surface area contributed by atoms with E-state index in [9.17, 15) is 0 Å². The van der Waals surface area contributed by atoms with E-state index < -0.39 is 0 Å². The van der Waals surface area contributed by atoms with Crippen LogP contribution in [0.15, 0.2) is 25.3 Å². The van der Waals surface area contributed by atoms with Gasteiger partial charge in [0.1, 0.15) is 0 Å². The summed E-state index contributed by atoms with van der Waals surface area (Å²) in [6.07, 6.45) is 14.6. The van der Waals surface area contributed by atoms with Gasteiger partial charge >= 0.3 is 0 Å². The van der Waals surface area contributed by atoms with E-state index in [1.807, 2.05) is 0 Å². The maximum atomic E-state index is 5.80. The number of allylic oxidation sites excluding steroid dienone is 2. The van der Waals surface area contributed by atoms with E-state index >= 15 is 0 Å². The molecule has 0 amide bonds. The summed E-state index contributed by atoms with van der Waals surface area (Å²) in [5.74, 6) is 3.00. The minimum atomic E-state index is 0.746. The van der Waals surface area contributed by atoms with E-state index in [0.717, 1.165) is 50.1 Å². The minimum Gasteiger partial charge on any atom is -0.379 e. The summed E-state index contributed by atoms with van der Waals surface area (Å²) >= 11 is 0. The number of hydrogen-bond donors (Lipinski definition) is 0. The second kappa shape index (κ2) is 10.2. The van der Waals surface area contributed by atoms with Gasteiger partial charge in [-0.25, -0.2) is 0 Å². The fraction of sp³-hybridized carbons (Fsp3) is 0.800. The maximum Gasteiger partial charge on any atom is 0.0700 e. The van der Waals surface area contributed by atoms with Crippen LogP contribution < -0.4 is 0 Å². The molecule has 0 saturated heterocycles. The lowest BCUT2D eigenvalue weighted by molar-refractivity contribution is 0.0111. The number of hydrogen-bond acceptors (Lipinski definition) is 2. The third-order valence-corrected chi connectivity index (χ3v) is 5.53. The van der Waals surface area contributed by atoms with Crippen LogP contribution in [0.5, 0.6) is 0 Å². The van der Waals surface area contributed by atoms with Crippen molar-refractivity contribution >= 4 is 0 Å². The average Bonchev–Trinajstić information content (AvgIpc) is 2.59. The van der Waals surface area contributed by atoms with Crippen molar-refractivity contribution in [1.29, 1.82) is 0 Å². The molecule has 0 radical (unpaired) electrons. The van der Waals surface area contributed by atoms with Crippen LogP contribution in [0.3, 0.4) is 0 Å². The molecule has 0 aromatic heterocycles. The smallest absolute Gasteiger partial charge is 0.0700 e. The summed E-state index contributed by atoms with van der Waals surface area (Å²) in [6.45, 7) is 11.1. The van der Waals surface area contributed by atoms with Crippen LogP contribution in [0, 0.1) is 23.7 Å². The molecule has 2 aliphatic rings. The van der Waals surface area contributed by atoms with Crippen LogP contribution in [0.2, 0.25) is 0 Å². The van der Waals surface area contributed by atoms with E-state index in [2.05, 4.69) is 25.3 Å². The largest absolute Gasteiger partial charge is 0.379 e. The fourth-order valence-electron chi connectivity index (χ4n) is 3.80. The van der Waals surface area contributed by atoms with Gasteiger partial charge in [-0.2, -0.15) is 0 Å². The Hall–Kier alpha value is -0.600. The van der Waals surface area contributed by atoms with Crippen LogP contribution in [-0.4, -0.2) is 26.4 Å². The predicted molar refractivity (Wildman–Crippen MR) is 92.9 cm³/mol. The zero-order chi connectivity index (χ0) is 15.6. The van der Waals surface area contributed by atoms with Gasteiger partial charge in [-0.1, -0.05) is 12.2 Å². The highest BCUT2D eigenvalue weighted by atomic mass is 16.5. The first kappa shape index (κ1) is 17.7. The molecule has 2 aliphatic carbocycles. The van der Waals surface area contributed by atoms with E-state index in [-0.39, 0.29) is 0 Å². The van der Waals surface area contributed by atoms with Crippen molar-refractivity contribution in [2.75, 3.05) is 26.4 Å². The summed E-state index contributed by atoms with van der Waals surface area (Å²) in [5.41, 5.74) is 0. The lowest BCUT2D eigenvalue weighted by atomic mass is 9.82. The zero-order valence-electron chi connectivity index (χ0n) is 14.2. The van der Waals surface area contributed by atoms with Crippen LogP contribution in [0.1, 0.15) is 51.4 Å². The Bertz CT molecular complexity index is 278. The average molecular weight is 306 g/mol. The quantitative estimate of drug-likeness (QED) is 0.440. The molecule has 0 unspecified atom stereocenters. The van der Waals surface area contributed by atoms with Gasteiger partial charge in [0.15, 0.2) is 0 Å². The van der Waals surface area contributed by atoms with Crippen molar-refractivity contribution in [2.24, 2.45) is 23.7 Å². The summed E-state index contributed by atoms with van der Waals surface area (Å²) in [6, 6.07) is 0. The first-order chi connectivity index (χ1) is 10.8. The lowest BCUT2D eigenvalue weighted by Gasteiger charge is -2.27. The third-order valence-electron chi connectivity index (χ3n) is 5.53. The van der Waals surface area contributed by atoms with Crippen LogP contribution in [0.25, 0.3) is 0 Å². The molecule has 0 aromatic rings. The summed E-state index contributed by atoms with van der Waals surface area (Å²) in [7, 11) is 0. The monoisotopic (exact) mass is 306 g/mol. The molecule has 2 heteroatoms. The van der Waals surface area contributed by atoms with E-state index in [1.165, 1.54) is 51.4 Å². The molecule has 0 aromatic carbocycles. The Labute approximate surface area is 137 Å². The van der Waals surface area contributed by atoms with Gasteiger partial charge in [0.2, 0.25) is 0 Å². The Morgan fingerprint density at radius 3 is 1.32 bits per heavy atom. The van der Waals surface area contributed by atoms with Gasteiger partial charge in [-0.05, 0) is 75.0 Å². The van der Waals surface area contributed by atoms with Crippen molar-refractivity contribution in [3.63, 3.8) is 0 Å². The highest BCUT2D eigenvalue weighted by Crippen LogP contribution is 2.30. The standard InChI is InChI=1S/C20H34O2/c1-3-17-5-9-19(10-6-17)15-21-13-14-22-16-20-11-7-18(4-2)8-12-20/h3-4,17-20H,1-2,5-16H2. The van der Waals surface area contributed by atoms with E-state index in [0.29, 0.717) is 0 Å². The Kier molecular flexibility index (Phi) is 8.25. The Balaban J connectivity index is 1.42. The van der Waals surface area contributed by atoms with Crippen molar-refractivity contribution in [3.8, 4) is 0 Å². The summed E-state index contributed by atoms with van der Waals surface area (Å²) in [5, 5.41) is 0. The summed E-state index contributed by atoms with van der Waals surface area (Å²) in [4.78, 5) is 0. The third kappa shape index (κ3) is 6.26. The van der Waals surface area contributed by atoms with Gasteiger partial charge in [-0.15, -0.1) is 13.2 Å². The van der Waals surface area contributed by atoms with E-state index in [1.54, 1.807) is 0 Å². The molecule has 0 atom stereocenters. The van der Waals surface area contributed by atoms with Gasteiger partial charge in [0.25, 0.3) is 0 Å². The molecule has 22 heavy (non-hydrogen) atoms. The van der Waals surface area contributed by atoms with Crippen LogP contribution in [-0.2, 0) is 9.47 Å². The maximum absolute atomic E-state index is 5.80. The van der Waals surface area contributed by atoms with Gasteiger partial charge in [-0.3, -0.25) is 0 Å². The molecule has 2 nitrogen and oxygen atoms in total. The Morgan fingerprint density at radius 1 is 0.636 bits per heavy atom. The molecule has 126 valence electrons. The summed E-state index contributed by atoms with van der Waals surface area (Å²) < 4.78 is 11.6. The van der Waals surface area contributed by atoms with Gasteiger partial charge < -0.3 is 9.47 Å². The highest BCUT2D eigenvalue weighted by molar-refractivity contribution is 4.84. The second-order valence-corrected chi connectivity index (χ2v) is 7.18. The van der Waals surface area contributed by atoms with Crippen molar-refractivity contribution < 1.29 is 9.47 Å². The molecule has 0 aliphatic heterocycles. The molecule has 2 fully saturated rings. The van der Waals surface area contributed by atoms with Crippen molar-refractivity contribution in [1.82, 2.24) is 0 Å². The van der Waals surface area contributed by atoms with Gasteiger partial charge in [0.05, 0.1) is 13.2 Å². The fourth-order valence-corrected chi connectivity index (χ4v) is 3.80. The minimum absolute atomic E-state index is 0.746. The normalized spacial score (nSPS) is 32.5. The van der Waals surface area contributed by atoms with Gasteiger partial charge in [0, 0.05) is 13.2 Å². The Morgan fingerprint density at radius 2 is 1.00 bits per heavy atom. The topological polar surface area (TPSA) is 18.5 Å². The highest BCUT2D eigenvalue weighted by Gasteiger charge is 2.20. The van der Waals surface area contributed by atoms with Crippen LogP contribution >= 0.6 is 0 Å². The molecule has 2 saturated carbocycles. The second-order valence-electron chi connectivity index (χ2n) is 7.18. The number of rotatable bonds is 9. The number of ether oxygens (including phenoxy) is 2. The molecular formula is C20H34O2. The molecule has 0 spiro atoms. The van der Waals surface area contributed by atoms with Crippen molar-refractivity contribution in [3.05, 3.63) is 25.3 Å². The molecule has 2 rings (SSSR count). The SMILES string of the molecule is C=CC1CCC(COCCOCC2CCC(C=C)CC2)CC1.